The molecule has 0 amide bonds. The fraction of sp³-hybridized carbons (Fsp3) is 0.308. The van der Waals surface area contributed by atoms with E-state index >= 15 is 0 Å². The van der Waals surface area contributed by atoms with Gasteiger partial charge in [-0.05, 0) is 47.6 Å². The third-order valence-corrected chi connectivity index (χ3v) is 4.57. The molecule has 5 heteroatoms. The lowest BCUT2D eigenvalue weighted by Gasteiger charge is -2.07. The minimum absolute atomic E-state index is 0.568. The van der Waals surface area contributed by atoms with Crippen molar-refractivity contribution in [2.45, 2.75) is 25.2 Å². The average Bonchev–Trinajstić information content (AvgIpc) is 3.19. The maximum absolute atomic E-state index is 6.18. The van der Waals surface area contributed by atoms with Crippen LogP contribution in [0.4, 0.5) is 0 Å². The van der Waals surface area contributed by atoms with Crippen molar-refractivity contribution in [1.29, 1.82) is 0 Å². The molecule has 18 heavy (non-hydrogen) atoms. The third-order valence-electron chi connectivity index (χ3n) is 2.91. The number of halogens is 2. The average molecular weight is 372 g/mol. The van der Waals surface area contributed by atoms with Crippen LogP contribution in [0.2, 0.25) is 5.15 Å². The minimum Gasteiger partial charge on any atom is -0.261 e. The van der Waals surface area contributed by atoms with Gasteiger partial charge in [-0.15, -0.1) is 0 Å². The summed E-state index contributed by atoms with van der Waals surface area (Å²) in [6, 6.07) is 5.85. The lowest BCUT2D eigenvalue weighted by Crippen LogP contribution is -2.04. The van der Waals surface area contributed by atoms with Crippen LogP contribution >= 0.6 is 34.2 Å². The first-order valence-corrected chi connectivity index (χ1v) is 7.31. The van der Waals surface area contributed by atoms with Crippen molar-refractivity contribution in [3.8, 4) is 0 Å². The molecule has 1 aliphatic carbocycles. The van der Waals surface area contributed by atoms with Crippen molar-refractivity contribution in [1.82, 2.24) is 15.0 Å². The summed E-state index contributed by atoms with van der Waals surface area (Å²) in [5, 5.41) is 0.568. The van der Waals surface area contributed by atoms with Crippen molar-refractivity contribution < 1.29 is 0 Å². The summed E-state index contributed by atoms with van der Waals surface area (Å²) in [5.74, 6) is 1.35. The predicted molar refractivity (Wildman–Crippen MR) is 78.8 cm³/mol. The maximum Gasteiger partial charge on any atom is 0.146 e. The van der Waals surface area contributed by atoms with Gasteiger partial charge in [0, 0.05) is 17.8 Å². The standard InChI is InChI=1S/C13H11ClIN3/c14-13-11(15)12(8-4-5-8)17-10(18-13)7-9-3-1-2-6-16-9/h1-3,6,8H,4-5,7H2. The van der Waals surface area contributed by atoms with Gasteiger partial charge in [0.1, 0.15) is 11.0 Å². The summed E-state index contributed by atoms with van der Waals surface area (Å²) in [5.41, 5.74) is 2.08. The molecule has 1 fully saturated rings. The van der Waals surface area contributed by atoms with Crippen LogP contribution in [0.15, 0.2) is 24.4 Å². The van der Waals surface area contributed by atoms with E-state index < -0.39 is 0 Å². The van der Waals surface area contributed by atoms with Crippen molar-refractivity contribution in [2.24, 2.45) is 0 Å². The summed E-state index contributed by atoms with van der Waals surface area (Å²) < 4.78 is 1.00. The van der Waals surface area contributed by atoms with Gasteiger partial charge in [-0.2, -0.15) is 0 Å². The van der Waals surface area contributed by atoms with Crippen LogP contribution in [0.1, 0.15) is 36.0 Å². The number of rotatable bonds is 3. The smallest absolute Gasteiger partial charge is 0.146 e. The van der Waals surface area contributed by atoms with Gasteiger partial charge in [0.15, 0.2) is 0 Å². The monoisotopic (exact) mass is 371 g/mol. The Kier molecular flexibility index (Phi) is 3.48. The Morgan fingerprint density at radius 2 is 2.11 bits per heavy atom. The highest BCUT2D eigenvalue weighted by Crippen LogP contribution is 2.42. The molecule has 0 spiro atoms. The zero-order chi connectivity index (χ0) is 12.5. The van der Waals surface area contributed by atoms with Gasteiger partial charge in [-0.25, -0.2) is 9.97 Å². The van der Waals surface area contributed by atoms with E-state index in [0.29, 0.717) is 17.5 Å². The van der Waals surface area contributed by atoms with Crippen LogP contribution < -0.4 is 0 Å². The molecule has 0 N–H and O–H groups in total. The molecule has 1 aliphatic rings. The lowest BCUT2D eigenvalue weighted by atomic mass is 10.2. The van der Waals surface area contributed by atoms with Gasteiger partial charge in [0.2, 0.25) is 0 Å². The first-order chi connectivity index (χ1) is 8.74. The Bertz CT molecular complexity index is 570. The summed E-state index contributed by atoms with van der Waals surface area (Å²) in [6.45, 7) is 0. The lowest BCUT2D eigenvalue weighted by molar-refractivity contribution is 0.874. The van der Waals surface area contributed by atoms with E-state index in [1.54, 1.807) is 6.20 Å². The minimum atomic E-state index is 0.568. The zero-order valence-corrected chi connectivity index (χ0v) is 12.5. The Morgan fingerprint density at radius 3 is 2.78 bits per heavy atom. The third kappa shape index (κ3) is 2.64. The fourth-order valence-corrected chi connectivity index (χ4v) is 2.73. The van der Waals surface area contributed by atoms with E-state index in [9.17, 15) is 0 Å². The molecule has 3 nitrogen and oxygen atoms in total. The number of hydrogen-bond donors (Lipinski definition) is 0. The molecule has 0 radical (unpaired) electrons. The molecule has 1 saturated carbocycles. The van der Waals surface area contributed by atoms with Gasteiger partial charge in [0.05, 0.1) is 15.7 Å². The second-order valence-electron chi connectivity index (χ2n) is 4.40. The zero-order valence-electron chi connectivity index (χ0n) is 9.61. The largest absolute Gasteiger partial charge is 0.261 e. The van der Waals surface area contributed by atoms with E-state index in [0.717, 1.165) is 20.8 Å². The molecule has 2 heterocycles. The Balaban J connectivity index is 1.93. The summed E-state index contributed by atoms with van der Waals surface area (Å²) >= 11 is 8.41. The number of pyridine rings is 1. The Labute approximate surface area is 124 Å². The van der Waals surface area contributed by atoms with Gasteiger partial charge in [-0.3, -0.25) is 4.98 Å². The molecule has 0 aromatic carbocycles. The van der Waals surface area contributed by atoms with Crippen LogP contribution in [0.5, 0.6) is 0 Å². The topological polar surface area (TPSA) is 38.7 Å². The summed E-state index contributed by atoms with van der Waals surface area (Å²) in [4.78, 5) is 13.3. The molecular formula is C13H11ClIN3. The van der Waals surface area contributed by atoms with Gasteiger partial charge < -0.3 is 0 Å². The molecule has 92 valence electrons. The number of aromatic nitrogens is 3. The van der Waals surface area contributed by atoms with Crippen molar-refractivity contribution in [3.63, 3.8) is 0 Å². The van der Waals surface area contributed by atoms with Crippen molar-refractivity contribution in [2.75, 3.05) is 0 Å². The highest BCUT2D eigenvalue weighted by Gasteiger charge is 2.29. The van der Waals surface area contributed by atoms with Crippen LogP contribution in [-0.2, 0) is 6.42 Å². The second-order valence-corrected chi connectivity index (χ2v) is 5.84. The fourth-order valence-electron chi connectivity index (χ4n) is 1.85. The molecule has 0 bridgehead atoms. The highest BCUT2D eigenvalue weighted by atomic mass is 127. The molecule has 0 atom stereocenters. The molecule has 0 unspecified atom stereocenters. The van der Waals surface area contributed by atoms with Crippen LogP contribution in [-0.4, -0.2) is 15.0 Å². The summed E-state index contributed by atoms with van der Waals surface area (Å²) in [6.07, 6.45) is 4.85. The van der Waals surface area contributed by atoms with E-state index in [4.69, 9.17) is 11.6 Å². The highest BCUT2D eigenvalue weighted by molar-refractivity contribution is 14.1. The van der Waals surface area contributed by atoms with Gasteiger partial charge in [-0.1, -0.05) is 17.7 Å². The van der Waals surface area contributed by atoms with Gasteiger partial charge in [0.25, 0.3) is 0 Å². The first kappa shape index (κ1) is 12.3. The quantitative estimate of drug-likeness (QED) is 0.611. The normalized spacial score (nSPS) is 14.8. The van der Waals surface area contributed by atoms with Crippen LogP contribution in [0.3, 0.4) is 0 Å². The van der Waals surface area contributed by atoms with Crippen LogP contribution in [0, 0.1) is 3.57 Å². The number of nitrogens with zero attached hydrogens (tertiary/aromatic N) is 3. The molecule has 3 rings (SSSR count). The molecule has 0 saturated heterocycles. The summed E-state index contributed by atoms with van der Waals surface area (Å²) in [7, 11) is 0. The van der Waals surface area contributed by atoms with Crippen molar-refractivity contribution >= 4 is 34.2 Å². The first-order valence-electron chi connectivity index (χ1n) is 5.86. The van der Waals surface area contributed by atoms with Gasteiger partial charge >= 0.3 is 0 Å². The van der Waals surface area contributed by atoms with E-state index in [1.807, 2.05) is 18.2 Å². The maximum atomic E-state index is 6.18. The predicted octanol–water partition coefficient (Wildman–Crippen LogP) is 3.60. The number of hydrogen-bond acceptors (Lipinski definition) is 3. The van der Waals surface area contributed by atoms with E-state index in [-0.39, 0.29) is 0 Å². The van der Waals surface area contributed by atoms with Crippen molar-refractivity contribution in [3.05, 3.63) is 50.3 Å². The Hall–Kier alpha value is -0.750. The van der Waals surface area contributed by atoms with E-state index in [2.05, 4.69) is 37.5 Å². The van der Waals surface area contributed by atoms with E-state index in [1.165, 1.54) is 12.8 Å². The SMILES string of the molecule is Clc1nc(Cc2ccccn2)nc(C2CC2)c1I. The molecular weight excluding hydrogens is 361 g/mol. The Morgan fingerprint density at radius 1 is 1.28 bits per heavy atom. The molecule has 0 aliphatic heterocycles. The molecule has 2 aromatic heterocycles. The van der Waals surface area contributed by atoms with Crippen LogP contribution in [0.25, 0.3) is 0 Å². The second kappa shape index (κ2) is 5.09. The molecule has 2 aromatic rings.